The molecule has 6 nitrogen and oxygen atoms in total. The van der Waals surface area contributed by atoms with Crippen LogP contribution in [0.15, 0.2) is 41.8 Å². The minimum atomic E-state index is -0.542. The number of aryl methyl sites for hydroxylation is 1. The van der Waals surface area contributed by atoms with E-state index < -0.39 is 6.10 Å². The number of carbonyl (C=O) groups excluding carboxylic acids is 1. The Morgan fingerprint density at radius 1 is 1.32 bits per heavy atom. The molecule has 1 aromatic carbocycles. The topological polar surface area (TPSA) is 59.7 Å². The third-order valence-corrected chi connectivity index (χ3v) is 4.39. The molecule has 0 bridgehead atoms. The second-order valence-corrected chi connectivity index (χ2v) is 6.65. The highest BCUT2D eigenvalue weighted by Gasteiger charge is 2.32. The van der Waals surface area contributed by atoms with Crippen molar-refractivity contribution in [3.63, 3.8) is 0 Å². The summed E-state index contributed by atoms with van der Waals surface area (Å²) in [6, 6.07) is 8.18. The molecule has 1 fully saturated rings. The highest BCUT2D eigenvalue weighted by molar-refractivity contribution is 5.97. The van der Waals surface area contributed by atoms with Gasteiger partial charge in [-0.3, -0.25) is 9.48 Å². The lowest BCUT2D eigenvalue weighted by molar-refractivity contribution is -0.132. The summed E-state index contributed by atoms with van der Waals surface area (Å²) in [5.74, 6) is 0.437. The minimum Gasteiger partial charge on any atom is -0.382 e. The van der Waals surface area contributed by atoms with E-state index in [4.69, 9.17) is 4.84 Å². The van der Waals surface area contributed by atoms with Gasteiger partial charge < -0.3 is 9.74 Å². The van der Waals surface area contributed by atoms with E-state index in [0.29, 0.717) is 18.9 Å². The fourth-order valence-corrected chi connectivity index (χ4v) is 2.88. The van der Waals surface area contributed by atoms with Gasteiger partial charge in [-0.1, -0.05) is 43.3 Å². The Hall–Kier alpha value is -2.63. The van der Waals surface area contributed by atoms with Crippen molar-refractivity contribution < 1.29 is 9.63 Å². The number of nitrogens with zero attached hydrogens (tertiary/aromatic N) is 4. The van der Waals surface area contributed by atoms with E-state index in [-0.39, 0.29) is 5.91 Å². The van der Waals surface area contributed by atoms with Crippen molar-refractivity contribution in [3.8, 4) is 0 Å². The molecule has 1 unspecified atom stereocenters. The van der Waals surface area contributed by atoms with Crippen LogP contribution in [0.3, 0.4) is 0 Å². The van der Waals surface area contributed by atoms with Crippen molar-refractivity contribution in [2.24, 2.45) is 12.2 Å². The maximum atomic E-state index is 12.6. The van der Waals surface area contributed by atoms with Crippen molar-refractivity contribution >= 4 is 17.8 Å². The van der Waals surface area contributed by atoms with Crippen molar-refractivity contribution in [2.45, 2.75) is 38.7 Å². The van der Waals surface area contributed by atoms with Gasteiger partial charge in [-0.15, -0.1) is 0 Å². The summed E-state index contributed by atoms with van der Waals surface area (Å²) in [7, 11) is 1.83. The first kappa shape index (κ1) is 17.2. The van der Waals surface area contributed by atoms with E-state index in [0.717, 1.165) is 17.7 Å². The lowest BCUT2D eigenvalue weighted by Gasteiger charge is -2.29. The van der Waals surface area contributed by atoms with Crippen LogP contribution in [0.2, 0.25) is 0 Å². The Labute approximate surface area is 148 Å². The Bertz CT molecular complexity index is 749. The van der Waals surface area contributed by atoms with Gasteiger partial charge in [-0.2, -0.15) is 5.10 Å². The molecular formula is C19H24N4O2. The van der Waals surface area contributed by atoms with Crippen molar-refractivity contribution in [3.05, 3.63) is 47.8 Å². The molecule has 6 heteroatoms. The molecule has 3 rings (SSSR count). The molecule has 0 saturated carbocycles. The summed E-state index contributed by atoms with van der Waals surface area (Å²) in [6.45, 7) is 5.01. The molecule has 1 aliphatic rings. The predicted octanol–water partition coefficient (Wildman–Crippen LogP) is 3.09. The Morgan fingerprint density at radius 3 is 2.72 bits per heavy atom. The fraction of sp³-hybridized carbons (Fsp3) is 0.421. The van der Waals surface area contributed by atoms with E-state index in [1.54, 1.807) is 22.0 Å². The Morgan fingerprint density at radius 2 is 2.08 bits per heavy atom. The lowest BCUT2D eigenvalue weighted by atomic mass is 10.0. The van der Waals surface area contributed by atoms with E-state index in [1.165, 1.54) is 5.56 Å². The number of hydrogen-bond donors (Lipinski definition) is 0. The van der Waals surface area contributed by atoms with Gasteiger partial charge in [0.15, 0.2) is 0 Å². The summed E-state index contributed by atoms with van der Waals surface area (Å²) in [4.78, 5) is 19.8. The van der Waals surface area contributed by atoms with Crippen LogP contribution in [-0.2, 0) is 16.7 Å². The zero-order valence-electron chi connectivity index (χ0n) is 14.9. The van der Waals surface area contributed by atoms with Gasteiger partial charge >= 0.3 is 0 Å². The predicted molar refractivity (Wildman–Crippen MR) is 97.8 cm³/mol. The number of anilines is 1. The smallest absolute Gasteiger partial charge is 0.270 e. The molecule has 132 valence electrons. The van der Waals surface area contributed by atoms with Crippen molar-refractivity contribution in [1.82, 2.24) is 9.78 Å². The summed E-state index contributed by atoms with van der Waals surface area (Å²) < 4.78 is 1.69. The SMILES string of the molecule is CC(C)c1ccc(/C=N/OC2CCCN(c3cnn(C)c3)C2=O)cc1. The first-order chi connectivity index (χ1) is 12.0. The van der Waals surface area contributed by atoms with Gasteiger partial charge in [0.25, 0.3) is 5.91 Å². The largest absolute Gasteiger partial charge is 0.382 e. The van der Waals surface area contributed by atoms with E-state index in [2.05, 4.69) is 36.2 Å². The van der Waals surface area contributed by atoms with Gasteiger partial charge in [0.05, 0.1) is 18.1 Å². The minimum absolute atomic E-state index is 0.0634. The maximum absolute atomic E-state index is 12.6. The normalized spacial score (nSPS) is 18.3. The Balaban J connectivity index is 1.61. The van der Waals surface area contributed by atoms with Gasteiger partial charge in [-0.05, 0) is 29.9 Å². The standard InChI is InChI=1S/C19H24N4O2/c1-14(2)16-8-6-15(7-9-16)11-21-25-18-5-4-10-23(19(18)24)17-12-20-22(3)13-17/h6-9,11-14,18H,4-5,10H2,1-3H3/b21-11+. The highest BCUT2D eigenvalue weighted by atomic mass is 16.6. The van der Waals surface area contributed by atoms with Crippen LogP contribution in [0, 0.1) is 0 Å². The summed E-state index contributed by atoms with van der Waals surface area (Å²) in [6.07, 6.45) is 6.20. The third kappa shape index (κ3) is 4.07. The molecule has 1 saturated heterocycles. The van der Waals surface area contributed by atoms with Crippen LogP contribution in [0.4, 0.5) is 5.69 Å². The third-order valence-electron chi connectivity index (χ3n) is 4.39. The number of hydrogen-bond acceptors (Lipinski definition) is 4. The van der Waals surface area contributed by atoms with Crippen LogP contribution in [0.5, 0.6) is 0 Å². The van der Waals surface area contributed by atoms with E-state index in [1.807, 2.05) is 25.4 Å². The van der Waals surface area contributed by atoms with Gasteiger partial charge in [-0.25, -0.2) is 0 Å². The lowest BCUT2D eigenvalue weighted by Crippen LogP contribution is -2.44. The van der Waals surface area contributed by atoms with Crippen LogP contribution in [0.1, 0.15) is 43.7 Å². The fourth-order valence-electron chi connectivity index (χ4n) is 2.88. The molecule has 0 aliphatic carbocycles. The second-order valence-electron chi connectivity index (χ2n) is 6.65. The number of piperidine rings is 1. The molecule has 2 heterocycles. The molecule has 1 amide bonds. The number of aromatic nitrogens is 2. The molecule has 1 aliphatic heterocycles. The monoisotopic (exact) mass is 340 g/mol. The molecule has 2 aromatic rings. The summed E-state index contributed by atoms with van der Waals surface area (Å²) in [5, 5.41) is 8.16. The van der Waals surface area contributed by atoms with E-state index >= 15 is 0 Å². The van der Waals surface area contributed by atoms with Crippen LogP contribution in [-0.4, -0.2) is 34.6 Å². The molecule has 25 heavy (non-hydrogen) atoms. The highest BCUT2D eigenvalue weighted by Crippen LogP contribution is 2.22. The Kier molecular flexibility index (Phi) is 5.16. The first-order valence-corrected chi connectivity index (χ1v) is 8.64. The first-order valence-electron chi connectivity index (χ1n) is 8.64. The van der Waals surface area contributed by atoms with Crippen molar-refractivity contribution in [2.75, 3.05) is 11.4 Å². The van der Waals surface area contributed by atoms with Gasteiger partial charge in [0, 0.05) is 19.8 Å². The number of oxime groups is 1. The molecule has 1 atom stereocenters. The molecular weight excluding hydrogens is 316 g/mol. The van der Waals surface area contributed by atoms with Gasteiger partial charge in [0.2, 0.25) is 6.10 Å². The van der Waals surface area contributed by atoms with Crippen LogP contribution in [0.25, 0.3) is 0 Å². The van der Waals surface area contributed by atoms with E-state index in [9.17, 15) is 4.79 Å². The van der Waals surface area contributed by atoms with Crippen LogP contribution >= 0.6 is 0 Å². The number of rotatable bonds is 5. The zero-order chi connectivity index (χ0) is 17.8. The maximum Gasteiger partial charge on any atom is 0.270 e. The average molecular weight is 340 g/mol. The zero-order valence-corrected chi connectivity index (χ0v) is 14.9. The summed E-state index contributed by atoms with van der Waals surface area (Å²) >= 11 is 0. The number of benzene rings is 1. The number of carbonyl (C=O) groups is 1. The second kappa shape index (κ2) is 7.51. The van der Waals surface area contributed by atoms with Crippen LogP contribution < -0.4 is 4.90 Å². The molecule has 0 radical (unpaired) electrons. The molecule has 0 N–H and O–H groups in total. The quantitative estimate of drug-likeness (QED) is 0.621. The van der Waals surface area contributed by atoms with Gasteiger partial charge in [0.1, 0.15) is 0 Å². The van der Waals surface area contributed by atoms with Crippen molar-refractivity contribution in [1.29, 1.82) is 0 Å². The summed E-state index contributed by atoms with van der Waals surface area (Å²) in [5.41, 5.74) is 3.04. The number of amides is 1. The molecule has 0 spiro atoms. The average Bonchev–Trinajstić information content (AvgIpc) is 3.03. The molecule has 1 aromatic heterocycles.